The van der Waals surface area contributed by atoms with Gasteiger partial charge in [0.1, 0.15) is 0 Å². The molecule has 1 saturated heterocycles. The first-order chi connectivity index (χ1) is 17.1. The van der Waals surface area contributed by atoms with Crippen LogP contribution in [0.3, 0.4) is 0 Å². The van der Waals surface area contributed by atoms with E-state index in [1.165, 1.54) is 45.6 Å². The fourth-order valence-electron chi connectivity index (χ4n) is 9.97. The van der Waals surface area contributed by atoms with Gasteiger partial charge >= 0.3 is 5.97 Å². The van der Waals surface area contributed by atoms with Crippen LogP contribution >= 0.6 is 0 Å². The second kappa shape index (κ2) is 9.81. The molecule has 0 amide bonds. The summed E-state index contributed by atoms with van der Waals surface area (Å²) in [5.74, 6) is 3.72. The van der Waals surface area contributed by atoms with Gasteiger partial charge in [0.15, 0.2) is 5.79 Å². The van der Waals surface area contributed by atoms with Crippen molar-refractivity contribution in [2.75, 3.05) is 33.5 Å². The molecule has 0 radical (unpaired) electrons. The molecule has 2 N–H and O–H groups in total. The zero-order valence-electron chi connectivity index (χ0n) is 23.1. The molecule has 36 heavy (non-hydrogen) atoms. The molecule has 0 aromatic rings. The third kappa shape index (κ3) is 4.26. The van der Waals surface area contributed by atoms with Crippen LogP contribution in [0.2, 0.25) is 0 Å². The molecule has 5 rings (SSSR count). The molecule has 5 fully saturated rings. The lowest BCUT2D eigenvalue weighted by atomic mass is 9.44. The van der Waals surface area contributed by atoms with Crippen LogP contribution in [0.4, 0.5) is 0 Å². The Bertz CT molecular complexity index is 799. The Morgan fingerprint density at radius 2 is 1.64 bits per heavy atom. The van der Waals surface area contributed by atoms with E-state index in [1.54, 1.807) is 0 Å². The maximum atomic E-state index is 11.8. The van der Waals surface area contributed by atoms with E-state index in [2.05, 4.69) is 20.8 Å². The molecular formula is C30H50O6. The van der Waals surface area contributed by atoms with Gasteiger partial charge in [0, 0.05) is 19.3 Å². The van der Waals surface area contributed by atoms with E-state index in [-0.39, 0.29) is 19.2 Å². The standard InChI is InChI=1S/C30H50O6/c1-20(5-10-26(33)34-4)23-8-9-24-22-7-6-21-15-30(35-18-29(16-31,17-32)19-36-30)14-13-27(21,2)25(22)11-12-28(23,24)3/h20-25,31-32H,5-19H2,1-4H3/t20-,21+,22+,23-,24+,25+,27+,28-/m1/s1. The molecule has 6 nitrogen and oxygen atoms in total. The van der Waals surface area contributed by atoms with E-state index in [9.17, 15) is 15.0 Å². The third-order valence-corrected chi connectivity index (χ3v) is 12.4. The van der Waals surface area contributed by atoms with Crippen LogP contribution in [-0.4, -0.2) is 55.5 Å². The first kappa shape index (κ1) is 26.9. The predicted molar refractivity (Wildman–Crippen MR) is 137 cm³/mol. The van der Waals surface area contributed by atoms with Gasteiger partial charge in [-0.05, 0) is 97.7 Å². The molecule has 1 spiro atoms. The van der Waals surface area contributed by atoms with Gasteiger partial charge in [0.05, 0.1) is 39.0 Å². The van der Waals surface area contributed by atoms with Gasteiger partial charge in [-0.15, -0.1) is 0 Å². The van der Waals surface area contributed by atoms with Crippen LogP contribution in [0.5, 0.6) is 0 Å². The Balaban J connectivity index is 1.26. The number of aliphatic hydroxyl groups is 2. The maximum Gasteiger partial charge on any atom is 0.305 e. The number of methoxy groups -OCH3 is 1. The summed E-state index contributed by atoms with van der Waals surface area (Å²) in [6, 6.07) is 0. The lowest BCUT2D eigenvalue weighted by molar-refractivity contribution is -0.340. The van der Waals surface area contributed by atoms with Crippen molar-refractivity contribution in [2.24, 2.45) is 51.8 Å². The minimum atomic E-state index is -0.662. The Morgan fingerprint density at radius 1 is 0.944 bits per heavy atom. The predicted octanol–water partition coefficient (Wildman–Crippen LogP) is 4.95. The number of carbonyl (C=O) groups excluding carboxylic acids is 1. The lowest BCUT2D eigenvalue weighted by Gasteiger charge is -2.63. The van der Waals surface area contributed by atoms with Crippen molar-refractivity contribution in [3.05, 3.63) is 0 Å². The molecule has 6 heteroatoms. The van der Waals surface area contributed by atoms with Crippen LogP contribution in [0.25, 0.3) is 0 Å². The average Bonchev–Trinajstić information content (AvgIpc) is 3.25. The number of esters is 1. The Hall–Kier alpha value is -0.690. The Kier molecular flexibility index (Phi) is 7.33. The molecule has 4 saturated carbocycles. The third-order valence-electron chi connectivity index (χ3n) is 12.4. The number of ether oxygens (including phenoxy) is 3. The molecule has 1 aliphatic heterocycles. The van der Waals surface area contributed by atoms with Crippen molar-refractivity contribution < 1.29 is 29.2 Å². The minimum Gasteiger partial charge on any atom is -0.469 e. The fourth-order valence-corrected chi connectivity index (χ4v) is 9.97. The first-order valence-corrected chi connectivity index (χ1v) is 14.7. The summed E-state index contributed by atoms with van der Waals surface area (Å²) in [5, 5.41) is 19.5. The Morgan fingerprint density at radius 3 is 2.31 bits per heavy atom. The van der Waals surface area contributed by atoms with Gasteiger partial charge in [0.2, 0.25) is 0 Å². The summed E-state index contributed by atoms with van der Waals surface area (Å²) in [5.41, 5.74) is 0.0904. The summed E-state index contributed by atoms with van der Waals surface area (Å²) in [6.07, 6.45) is 12.4. The van der Waals surface area contributed by atoms with E-state index in [0.29, 0.717) is 42.3 Å². The number of aliphatic hydroxyl groups excluding tert-OH is 2. The maximum absolute atomic E-state index is 11.8. The zero-order valence-corrected chi connectivity index (χ0v) is 23.1. The van der Waals surface area contributed by atoms with Gasteiger partial charge < -0.3 is 24.4 Å². The Labute approximate surface area is 217 Å². The highest BCUT2D eigenvalue weighted by atomic mass is 16.7. The van der Waals surface area contributed by atoms with Gasteiger partial charge in [-0.25, -0.2) is 0 Å². The van der Waals surface area contributed by atoms with Crippen LogP contribution in [0.1, 0.15) is 91.4 Å². The number of fused-ring (bicyclic) bond motifs is 5. The molecule has 0 bridgehead atoms. The van der Waals surface area contributed by atoms with Gasteiger partial charge in [-0.1, -0.05) is 20.8 Å². The van der Waals surface area contributed by atoms with E-state index in [1.807, 2.05) is 0 Å². The van der Waals surface area contributed by atoms with Gasteiger partial charge in [0.25, 0.3) is 0 Å². The molecular weight excluding hydrogens is 456 g/mol. The average molecular weight is 507 g/mol. The molecule has 0 aromatic carbocycles. The molecule has 0 unspecified atom stereocenters. The molecule has 8 atom stereocenters. The highest BCUT2D eigenvalue weighted by Crippen LogP contribution is 2.69. The normalized spacial score (nSPS) is 43.8. The molecule has 0 aromatic heterocycles. The molecule has 206 valence electrons. The number of rotatable bonds is 6. The van der Waals surface area contributed by atoms with Crippen molar-refractivity contribution in [2.45, 2.75) is 97.2 Å². The highest BCUT2D eigenvalue weighted by Gasteiger charge is 2.62. The monoisotopic (exact) mass is 506 g/mol. The fraction of sp³-hybridized carbons (Fsp3) is 0.967. The van der Waals surface area contributed by atoms with Crippen molar-refractivity contribution >= 4 is 5.97 Å². The van der Waals surface area contributed by atoms with E-state index < -0.39 is 11.2 Å². The van der Waals surface area contributed by atoms with Crippen molar-refractivity contribution in [3.8, 4) is 0 Å². The summed E-state index contributed by atoms with van der Waals surface area (Å²) in [4.78, 5) is 11.8. The number of hydrogen-bond donors (Lipinski definition) is 2. The van der Waals surface area contributed by atoms with Crippen LogP contribution in [0.15, 0.2) is 0 Å². The smallest absolute Gasteiger partial charge is 0.305 e. The molecule has 4 aliphatic carbocycles. The van der Waals surface area contributed by atoms with Crippen molar-refractivity contribution in [1.82, 2.24) is 0 Å². The van der Waals surface area contributed by atoms with Crippen molar-refractivity contribution in [3.63, 3.8) is 0 Å². The van der Waals surface area contributed by atoms with Crippen LogP contribution < -0.4 is 0 Å². The first-order valence-electron chi connectivity index (χ1n) is 14.7. The van der Waals surface area contributed by atoms with E-state index >= 15 is 0 Å². The van der Waals surface area contributed by atoms with Crippen molar-refractivity contribution in [1.29, 1.82) is 0 Å². The van der Waals surface area contributed by atoms with E-state index in [4.69, 9.17) is 14.2 Å². The lowest BCUT2D eigenvalue weighted by Crippen LogP contribution is -2.60. The number of hydrogen-bond acceptors (Lipinski definition) is 6. The second-order valence-electron chi connectivity index (χ2n) is 14.0. The summed E-state index contributed by atoms with van der Waals surface area (Å²) in [6.45, 7) is 8.09. The van der Waals surface area contributed by atoms with Crippen LogP contribution in [-0.2, 0) is 19.0 Å². The highest BCUT2D eigenvalue weighted by molar-refractivity contribution is 5.69. The number of carbonyl (C=O) groups is 1. The second-order valence-corrected chi connectivity index (χ2v) is 14.0. The van der Waals surface area contributed by atoms with E-state index in [0.717, 1.165) is 49.4 Å². The quantitative estimate of drug-likeness (QED) is 0.496. The molecule has 1 heterocycles. The topological polar surface area (TPSA) is 85.2 Å². The van der Waals surface area contributed by atoms with Crippen LogP contribution in [0, 0.1) is 51.8 Å². The zero-order chi connectivity index (χ0) is 25.8. The van der Waals surface area contributed by atoms with Gasteiger partial charge in [-0.3, -0.25) is 4.79 Å². The molecule has 5 aliphatic rings. The minimum absolute atomic E-state index is 0.0732. The SMILES string of the molecule is COC(=O)CC[C@@H](C)[C@H]1CC[C@H]2[C@@H]3CC[C@H]4CC5(CC[C@]4(C)[C@H]3CC[C@]12C)OCC(CO)(CO)CO5. The largest absolute Gasteiger partial charge is 0.469 e. The van der Waals surface area contributed by atoms with Gasteiger partial charge in [-0.2, -0.15) is 0 Å². The summed E-state index contributed by atoms with van der Waals surface area (Å²) < 4.78 is 17.6. The summed E-state index contributed by atoms with van der Waals surface area (Å²) in [7, 11) is 1.50. The summed E-state index contributed by atoms with van der Waals surface area (Å²) >= 11 is 0.